The molecular weight excluding hydrogens is 228 g/mol. The van der Waals surface area contributed by atoms with Crippen LogP contribution in [0.5, 0.6) is 0 Å². The number of amides is 1. The van der Waals surface area contributed by atoms with Crippen molar-refractivity contribution in [3.63, 3.8) is 0 Å². The number of alkyl carbamates (subject to hydrolysis) is 1. The summed E-state index contributed by atoms with van der Waals surface area (Å²) in [6, 6.07) is 0. The zero-order valence-corrected chi connectivity index (χ0v) is 12.2. The molecule has 0 aliphatic heterocycles. The fraction of sp³-hybridized carbons (Fsp3) is 0.714. The molecular formula is C14H26N2O2. The Kier molecular flexibility index (Phi) is 6.09. The highest BCUT2D eigenvalue weighted by Crippen LogP contribution is 2.27. The van der Waals surface area contributed by atoms with Crippen molar-refractivity contribution in [3.05, 3.63) is 12.2 Å². The number of carbonyl (C=O) groups excluding carboxylic acids is 1. The Labute approximate surface area is 110 Å². The first-order chi connectivity index (χ1) is 8.06. The lowest BCUT2D eigenvalue weighted by atomic mass is 9.83. The molecule has 0 heterocycles. The molecule has 104 valence electrons. The monoisotopic (exact) mass is 254 g/mol. The van der Waals surface area contributed by atoms with Gasteiger partial charge in [0.1, 0.15) is 5.60 Å². The third-order valence-electron chi connectivity index (χ3n) is 2.38. The molecule has 4 heteroatoms. The van der Waals surface area contributed by atoms with Crippen LogP contribution in [0.2, 0.25) is 0 Å². The van der Waals surface area contributed by atoms with Crippen LogP contribution < -0.4 is 5.32 Å². The molecule has 0 bridgehead atoms. The third kappa shape index (κ3) is 8.79. The maximum atomic E-state index is 11.4. The van der Waals surface area contributed by atoms with E-state index >= 15 is 0 Å². The van der Waals surface area contributed by atoms with Crippen LogP contribution in [-0.4, -0.2) is 24.5 Å². The third-order valence-corrected chi connectivity index (χ3v) is 2.38. The fourth-order valence-electron chi connectivity index (χ4n) is 1.57. The standard InChI is InChI=1S/C14H26N2O2/c1-11(10-15)9-14(5,6)7-8-16-12(17)18-13(2,3)4/h10,15H,1,7-9H2,2-6H3,(H,16,17). The van der Waals surface area contributed by atoms with E-state index in [9.17, 15) is 4.79 Å². The van der Waals surface area contributed by atoms with Crippen molar-refractivity contribution in [2.45, 2.75) is 53.1 Å². The van der Waals surface area contributed by atoms with Gasteiger partial charge in [-0.3, -0.25) is 0 Å². The highest BCUT2D eigenvalue weighted by Gasteiger charge is 2.20. The molecule has 0 aliphatic carbocycles. The van der Waals surface area contributed by atoms with Crippen molar-refractivity contribution in [2.24, 2.45) is 5.41 Å². The first-order valence-corrected chi connectivity index (χ1v) is 6.21. The van der Waals surface area contributed by atoms with Gasteiger partial charge in [0.15, 0.2) is 0 Å². The second kappa shape index (κ2) is 6.57. The van der Waals surface area contributed by atoms with Crippen molar-refractivity contribution < 1.29 is 9.53 Å². The number of hydrogen-bond acceptors (Lipinski definition) is 3. The molecule has 0 saturated heterocycles. The van der Waals surface area contributed by atoms with Gasteiger partial charge in [0.05, 0.1) is 0 Å². The van der Waals surface area contributed by atoms with E-state index < -0.39 is 5.60 Å². The predicted molar refractivity (Wildman–Crippen MR) is 75.2 cm³/mol. The second-order valence-electron chi connectivity index (χ2n) is 6.32. The summed E-state index contributed by atoms with van der Waals surface area (Å²) in [4.78, 5) is 11.4. The maximum Gasteiger partial charge on any atom is 0.407 e. The van der Waals surface area contributed by atoms with E-state index in [4.69, 9.17) is 10.1 Å². The zero-order chi connectivity index (χ0) is 14.4. The average Bonchev–Trinajstić information content (AvgIpc) is 2.13. The van der Waals surface area contributed by atoms with Gasteiger partial charge in [0.25, 0.3) is 0 Å². The molecule has 4 nitrogen and oxygen atoms in total. The van der Waals surface area contributed by atoms with Gasteiger partial charge < -0.3 is 15.5 Å². The summed E-state index contributed by atoms with van der Waals surface area (Å²) in [5, 5.41) is 9.86. The van der Waals surface area contributed by atoms with Crippen LogP contribution >= 0.6 is 0 Å². The Morgan fingerprint density at radius 3 is 2.33 bits per heavy atom. The van der Waals surface area contributed by atoms with Gasteiger partial charge in [-0.15, -0.1) is 0 Å². The first-order valence-electron chi connectivity index (χ1n) is 6.21. The Morgan fingerprint density at radius 2 is 1.89 bits per heavy atom. The lowest BCUT2D eigenvalue weighted by molar-refractivity contribution is 0.0522. The second-order valence-corrected chi connectivity index (χ2v) is 6.32. The summed E-state index contributed by atoms with van der Waals surface area (Å²) in [5.41, 5.74) is 0.356. The van der Waals surface area contributed by atoms with Gasteiger partial charge in [-0.1, -0.05) is 20.4 Å². The summed E-state index contributed by atoms with van der Waals surface area (Å²) in [6.07, 6.45) is 2.47. The smallest absolute Gasteiger partial charge is 0.407 e. The van der Waals surface area contributed by atoms with Crippen molar-refractivity contribution in [1.29, 1.82) is 5.41 Å². The predicted octanol–water partition coefficient (Wildman–Crippen LogP) is 3.52. The Hall–Kier alpha value is -1.32. The topological polar surface area (TPSA) is 62.2 Å². The average molecular weight is 254 g/mol. The molecule has 0 aromatic rings. The van der Waals surface area contributed by atoms with E-state index in [0.717, 1.165) is 18.4 Å². The zero-order valence-electron chi connectivity index (χ0n) is 12.2. The number of ether oxygens (including phenoxy) is 1. The number of carbonyl (C=O) groups is 1. The Balaban J connectivity index is 3.99. The normalized spacial score (nSPS) is 11.8. The highest BCUT2D eigenvalue weighted by molar-refractivity contribution is 5.74. The first kappa shape index (κ1) is 16.7. The van der Waals surface area contributed by atoms with E-state index in [-0.39, 0.29) is 11.5 Å². The Morgan fingerprint density at radius 1 is 1.33 bits per heavy atom. The lowest BCUT2D eigenvalue weighted by Gasteiger charge is -2.25. The molecule has 0 atom stereocenters. The van der Waals surface area contributed by atoms with E-state index in [2.05, 4.69) is 25.7 Å². The minimum Gasteiger partial charge on any atom is -0.444 e. The van der Waals surface area contributed by atoms with Crippen LogP contribution in [0.1, 0.15) is 47.5 Å². The van der Waals surface area contributed by atoms with Crippen LogP contribution in [-0.2, 0) is 4.74 Å². The molecule has 0 radical (unpaired) electrons. The summed E-state index contributed by atoms with van der Waals surface area (Å²) in [6.45, 7) is 14.1. The van der Waals surface area contributed by atoms with E-state index in [1.165, 1.54) is 6.21 Å². The van der Waals surface area contributed by atoms with E-state index in [0.29, 0.717) is 6.54 Å². The van der Waals surface area contributed by atoms with E-state index in [1.807, 2.05) is 20.8 Å². The van der Waals surface area contributed by atoms with Crippen LogP contribution in [0, 0.1) is 10.8 Å². The van der Waals surface area contributed by atoms with Crippen molar-refractivity contribution in [2.75, 3.05) is 6.54 Å². The highest BCUT2D eigenvalue weighted by atomic mass is 16.6. The Bertz CT molecular complexity index is 314. The van der Waals surface area contributed by atoms with Crippen LogP contribution in [0.4, 0.5) is 4.79 Å². The fourth-order valence-corrected chi connectivity index (χ4v) is 1.57. The molecule has 0 aromatic carbocycles. The summed E-state index contributed by atoms with van der Waals surface area (Å²) in [5.74, 6) is 0. The van der Waals surface area contributed by atoms with Crippen molar-refractivity contribution >= 4 is 12.3 Å². The van der Waals surface area contributed by atoms with Crippen molar-refractivity contribution in [3.8, 4) is 0 Å². The minimum atomic E-state index is -0.464. The van der Waals surface area contributed by atoms with Gasteiger partial charge in [-0.05, 0) is 44.6 Å². The molecule has 0 spiro atoms. The summed E-state index contributed by atoms with van der Waals surface area (Å²) in [7, 11) is 0. The largest absolute Gasteiger partial charge is 0.444 e. The molecule has 0 unspecified atom stereocenters. The molecule has 0 aliphatic rings. The number of rotatable bonds is 6. The number of nitrogens with one attached hydrogen (secondary N) is 2. The van der Waals surface area contributed by atoms with Gasteiger partial charge in [0, 0.05) is 12.8 Å². The van der Waals surface area contributed by atoms with Gasteiger partial charge in [-0.2, -0.15) is 0 Å². The quantitative estimate of drug-likeness (QED) is 0.712. The van der Waals surface area contributed by atoms with Crippen LogP contribution in [0.15, 0.2) is 12.2 Å². The van der Waals surface area contributed by atoms with Gasteiger partial charge in [-0.25, -0.2) is 4.79 Å². The maximum absolute atomic E-state index is 11.4. The molecule has 0 fully saturated rings. The van der Waals surface area contributed by atoms with Crippen molar-refractivity contribution in [1.82, 2.24) is 5.32 Å². The van der Waals surface area contributed by atoms with E-state index in [1.54, 1.807) is 0 Å². The van der Waals surface area contributed by atoms with Gasteiger partial charge >= 0.3 is 6.09 Å². The molecule has 0 aromatic heterocycles. The minimum absolute atomic E-state index is 0.0175. The number of hydrogen-bond donors (Lipinski definition) is 2. The SMILES string of the molecule is C=C(C=N)CC(C)(C)CCNC(=O)OC(C)(C)C. The summed E-state index contributed by atoms with van der Waals surface area (Å²) < 4.78 is 5.15. The molecule has 0 rings (SSSR count). The summed E-state index contributed by atoms with van der Waals surface area (Å²) >= 11 is 0. The molecule has 0 saturated carbocycles. The molecule has 2 N–H and O–H groups in total. The molecule has 1 amide bonds. The molecule has 18 heavy (non-hydrogen) atoms. The van der Waals surface area contributed by atoms with Crippen LogP contribution in [0.25, 0.3) is 0 Å². The lowest BCUT2D eigenvalue weighted by Crippen LogP contribution is -2.34. The van der Waals surface area contributed by atoms with Crippen LogP contribution in [0.3, 0.4) is 0 Å². The van der Waals surface area contributed by atoms with Gasteiger partial charge in [0.2, 0.25) is 0 Å². The number of allylic oxidation sites excluding steroid dienone is 1.